The third kappa shape index (κ3) is 5.41. The number of carboxylic acid groups (broad SMARTS) is 1. The maximum atomic E-state index is 11.2. The van der Waals surface area contributed by atoms with Crippen LogP contribution in [0.2, 0.25) is 0 Å². The van der Waals surface area contributed by atoms with Crippen molar-refractivity contribution in [2.24, 2.45) is 0 Å². The Morgan fingerprint density at radius 1 is 1.43 bits per heavy atom. The van der Waals surface area contributed by atoms with Crippen LogP contribution < -0.4 is 10.6 Å². The molecular formula is C7H12N2O4S. The maximum absolute atomic E-state index is 11.2. The molecule has 0 saturated carbocycles. The smallest absolute Gasteiger partial charge is 0.322 e. The number of carboxylic acids is 1. The number of rotatable bonds is 5. The molecule has 1 unspecified atom stereocenters. The van der Waals surface area contributed by atoms with E-state index in [1.165, 1.54) is 6.92 Å². The average molecular weight is 220 g/mol. The van der Waals surface area contributed by atoms with E-state index in [1.807, 2.05) is 0 Å². The summed E-state index contributed by atoms with van der Waals surface area (Å²) in [6, 6.07) is -0.796. The van der Waals surface area contributed by atoms with Gasteiger partial charge >= 0.3 is 5.97 Å². The number of hydrogen-bond acceptors (Lipinski definition) is 4. The van der Waals surface area contributed by atoms with Gasteiger partial charge in [-0.2, -0.15) is 12.6 Å². The second-order valence-corrected chi connectivity index (χ2v) is 2.91. The Labute approximate surface area is 86.5 Å². The molecule has 0 saturated heterocycles. The molecule has 6 nitrogen and oxygen atoms in total. The topological polar surface area (TPSA) is 95.5 Å². The van der Waals surface area contributed by atoms with Crippen molar-refractivity contribution in [3.63, 3.8) is 0 Å². The van der Waals surface area contributed by atoms with Gasteiger partial charge in [-0.1, -0.05) is 0 Å². The van der Waals surface area contributed by atoms with E-state index >= 15 is 0 Å². The van der Waals surface area contributed by atoms with Gasteiger partial charge in [-0.15, -0.1) is 0 Å². The number of carbonyl (C=O) groups excluding carboxylic acids is 2. The van der Waals surface area contributed by atoms with Crippen LogP contribution in [0.5, 0.6) is 0 Å². The maximum Gasteiger partial charge on any atom is 0.322 e. The highest BCUT2D eigenvalue weighted by molar-refractivity contribution is 7.80. The lowest BCUT2D eigenvalue weighted by Crippen LogP contribution is -2.48. The SMILES string of the molecule is CC(=O)NC(CS)C(=O)NCC(=O)O. The molecule has 0 bridgehead atoms. The van der Waals surface area contributed by atoms with Crippen molar-refractivity contribution in [3.8, 4) is 0 Å². The summed E-state index contributed by atoms with van der Waals surface area (Å²) >= 11 is 3.85. The zero-order chi connectivity index (χ0) is 11.1. The number of aliphatic carboxylic acids is 1. The summed E-state index contributed by atoms with van der Waals surface area (Å²) in [5, 5.41) is 12.7. The van der Waals surface area contributed by atoms with Crippen LogP contribution in [0.15, 0.2) is 0 Å². The lowest BCUT2D eigenvalue weighted by atomic mass is 10.3. The van der Waals surface area contributed by atoms with E-state index in [0.717, 1.165) is 0 Å². The molecule has 7 heteroatoms. The summed E-state index contributed by atoms with van der Waals surface area (Å²) in [4.78, 5) is 31.9. The van der Waals surface area contributed by atoms with Gasteiger partial charge < -0.3 is 15.7 Å². The number of thiol groups is 1. The van der Waals surface area contributed by atoms with Crippen LogP contribution in [0.1, 0.15) is 6.92 Å². The molecule has 3 N–H and O–H groups in total. The van der Waals surface area contributed by atoms with Gasteiger partial charge in [0.1, 0.15) is 12.6 Å². The minimum atomic E-state index is -1.14. The van der Waals surface area contributed by atoms with Crippen LogP contribution >= 0.6 is 12.6 Å². The lowest BCUT2D eigenvalue weighted by molar-refractivity contribution is -0.138. The molecule has 0 aliphatic carbocycles. The molecule has 1 atom stereocenters. The van der Waals surface area contributed by atoms with Crippen molar-refractivity contribution >= 4 is 30.4 Å². The zero-order valence-electron chi connectivity index (χ0n) is 7.61. The van der Waals surface area contributed by atoms with Gasteiger partial charge in [-0.05, 0) is 0 Å². The third-order valence-electron chi connectivity index (χ3n) is 1.29. The van der Waals surface area contributed by atoms with Gasteiger partial charge in [0.05, 0.1) is 0 Å². The monoisotopic (exact) mass is 220 g/mol. The molecule has 0 spiro atoms. The first kappa shape index (κ1) is 12.8. The van der Waals surface area contributed by atoms with E-state index in [0.29, 0.717) is 0 Å². The van der Waals surface area contributed by atoms with E-state index in [2.05, 4.69) is 23.3 Å². The molecular weight excluding hydrogens is 208 g/mol. The lowest BCUT2D eigenvalue weighted by Gasteiger charge is -2.13. The fraction of sp³-hybridized carbons (Fsp3) is 0.571. The van der Waals surface area contributed by atoms with Gasteiger partial charge in [0.15, 0.2) is 0 Å². The van der Waals surface area contributed by atoms with Gasteiger partial charge in [0.2, 0.25) is 11.8 Å². The molecule has 14 heavy (non-hydrogen) atoms. The summed E-state index contributed by atoms with van der Waals surface area (Å²) in [6.45, 7) is 0.795. The minimum absolute atomic E-state index is 0.116. The number of carbonyl (C=O) groups is 3. The Bertz CT molecular complexity index is 244. The predicted molar refractivity (Wildman–Crippen MR) is 52.1 cm³/mol. The fourth-order valence-electron chi connectivity index (χ4n) is 0.725. The van der Waals surface area contributed by atoms with Crippen molar-refractivity contribution < 1.29 is 19.5 Å². The van der Waals surface area contributed by atoms with E-state index in [9.17, 15) is 14.4 Å². The molecule has 0 rings (SSSR count). The van der Waals surface area contributed by atoms with Gasteiger partial charge in [0.25, 0.3) is 0 Å². The average Bonchev–Trinajstić information content (AvgIpc) is 2.09. The molecule has 0 fully saturated rings. The molecule has 0 aliphatic rings. The van der Waals surface area contributed by atoms with Crippen molar-refractivity contribution in [2.75, 3.05) is 12.3 Å². The molecule has 0 aromatic heterocycles. The van der Waals surface area contributed by atoms with Crippen LogP contribution in [-0.4, -0.2) is 41.2 Å². The Morgan fingerprint density at radius 3 is 2.36 bits per heavy atom. The highest BCUT2D eigenvalue weighted by Gasteiger charge is 2.17. The predicted octanol–water partition coefficient (Wildman–Crippen LogP) is -1.38. The molecule has 2 amide bonds. The van der Waals surface area contributed by atoms with Crippen LogP contribution in [0.3, 0.4) is 0 Å². The van der Waals surface area contributed by atoms with E-state index < -0.39 is 24.5 Å². The minimum Gasteiger partial charge on any atom is -0.480 e. The molecule has 0 aromatic carbocycles. The summed E-state index contributed by atoms with van der Waals surface area (Å²) in [5.74, 6) is -1.95. The van der Waals surface area contributed by atoms with Crippen LogP contribution in [0.25, 0.3) is 0 Å². The van der Waals surface area contributed by atoms with Crippen molar-refractivity contribution in [3.05, 3.63) is 0 Å². The first-order valence-corrected chi connectivity index (χ1v) is 4.48. The molecule has 0 heterocycles. The molecule has 0 aromatic rings. The van der Waals surface area contributed by atoms with E-state index in [4.69, 9.17) is 5.11 Å². The first-order chi connectivity index (χ1) is 6.47. The Morgan fingerprint density at radius 2 is 2.00 bits per heavy atom. The Balaban J connectivity index is 4.04. The molecule has 0 radical (unpaired) electrons. The standard InChI is InChI=1S/C7H12N2O4S/c1-4(10)9-5(3-14)7(13)8-2-6(11)12/h5,14H,2-3H2,1H3,(H,8,13)(H,9,10)(H,11,12). The van der Waals surface area contributed by atoms with E-state index in [-0.39, 0.29) is 11.7 Å². The Kier molecular flexibility index (Phi) is 5.70. The van der Waals surface area contributed by atoms with Crippen molar-refractivity contribution in [1.29, 1.82) is 0 Å². The van der Waals surface area contributed by atoms with Crippen LogP contribution in [0, 0.1) is 0 Å². The number of amides is 2. The van der Waals surface area contributed by atoms with E-state index in [1.54, 1.807) is 0 Å². The summed E-state index contributed by atoms with van der Waals surface area (Å²) in [7, 11) is 0. The highest BCUT2D eigenvalue weighted by atomic mass is 32.1. The normalized spacial score (nSPS) is 11.6. The second-order valence-electron chi connectivity index (χ2n) is 2.55. The zero-order valence-corrected chi connectivity index (χ0v) is 8.51. The molecule has 80 valence electrons. The van der Waals surface area contributed by atoms with Gasteiger partial charge in [0, 0.05) is 12.7 Å². The highest BCUT2D eigenvalue weighted by Crippen LogP contribution is 1.88. The molecule has 0 aliphatic heterocycles. The van der Waals surface area contributed by atoms with Crippen molar-refractivity contribution in [2.45, 2.75) is 13.0 Å². The van der Waals surface area contributed by atoms with Gasteiger partial charge in [-0.25, -0.2) is 0 Å². The largest absolute Gasteiger partial charge is 0.480 e. The summed E-state index contributed by atoms with van der Waals surface area (Å²) in [6.07, 6.45) is 0. The second kappa shape index (κ2) is 6.25. The van der Waals surface area contributed by atoms with Gasteiger partial charge in [-0.3, -0.25) is 14.4 Å². The first-order valence-electron chi connectivity index (χ1n) is 3.84. The third-order valence-corrected chi connectivity index (χ3v) is 1.66. The fourth-order valence-corrected chi connectivity index (χ4v) is 0.983. The van der Waals surface area contributed by atoms with Crippen molar-refractivity contribution in [1.82, 2.24) is 10.6 Å². The number of nitrogens with one attached hydrogen (secondary N) is 2. The number of hydrogen-bond donors (Lipinski definition) is 4. The van der Waals surface area contributed by atoms with Crippen LogP contribution in [-0.2, 0) is 14.4 Å². The quantitative estimate of drug-likeness (QED) is 0.429. The Hall–Kier alpha value is -1.24. The van der Waals surface area contributed by atoms with Crippen LogP contribution in [0.4, 0.5) is 0 Å². The summed E-state index contributed by atoms with van der Waals surface area (Å²) in [5.41, 5.74) is 0. The summed E-state index contributed by atoms with van der Waals surface area (Å²) < 4.78 is 0.